The van der Waals surface area contributed by atoms with E-state index >= 15 is 4.39 Å². The van der Waals surface area contributed by atoms with Crippen molar-refractivity contribution >= 4 is 5.91 Å². The van der Waals surface area contributed by atoms with Crippen molar-refractivity contribution in [2.75, 3.05) is 0 Å². The molecule has 1 fully saturated rings. The van der Waals surface area contributed by atoms with Crippen LogP contribution >= 0.6 is 0 Å². The molecule has 2 atom stereocenters. The Morgan fingerprint density at radius 2 is 1.54 bits per heavy atom. The van der Waals surface area contributed by atoms with E-state index in [0.717, 1.165) is 11.6 Å². The molecule has 130 valence electrons. The molecule has 1 amide bonds. The molecule has 1 aliphatic rings. The third-order valence-corrected chi connectivity index (χ3v) is 4.82. The van der Waals surface area contributed by atoms with Crippen LogP contribution in [0.3, 0.4) is 0 Å². The molecule has 3 aromatic rings. The largest absolute Gasteiger partial charge is 0.324 e. The van der Waals surface area contributed by atoms with Gasteiger partial charge in [0.2, 0.25) is 5.67 Å². The van der Waals surface area contributed by atoms with Crippen molar-refractivity contribution in [1.29, 1.82) is 0 Å². The van der Waals surface area contributed by atoms with Gasteiger partial charge in [-0.15, -0.1) is 0 Å². The molecule has 0 spiro atoms. The zero-order chi connectivity index (χ0) is 18.1. The molecule has 0 bridgehead atoms. The van der Waals surface area contributed by atoms with Gasteiger partial charge in [-0.25, -0.2) is 8.78 Å². The minimum absolute atomic E-state index is 0.0562. The maximum absolute atomic E-state index is 16.0. The first kappa shape index (κ1) is 16.5. The van der Waals surface area contributed by atoms with Gasteiger partial charge >= 0.3 is 0 Å². The molecule has 0 radical (unpaired) electrons. The van der Waals surface area contributed by atoms with E-state index in [-0.39, 0.29) is 5.56 Å². The molecule has 3 aromatic carbocycles. The van der Waals surface area contributed by atoms with E-state index in [0.29, 0.717) is 12.1 Å². The third-order valence-electron chi connectivity index (χ3n) is 4.82. The summed E-state index contributed by atoms with van der Waals surface area (Å²) in [5, 5.41) is 0. The summed E-state index contributed by atoms with van der Waals surface area (Å²) >= 11 is 0. The molecule has 1 aliphatic heterocycles. The minimum Gasteiger partial charge on any atom is -0.324 e. The van der Waals surface area contributed by atoms with Gasteiger partial charge in [-0.3, -0.25) is 4.79 Å². The average molecular weight is 349 g/mol. The van der Waals surface area contributed by atoms with E-state index in [9.17, 15) is 9.18 Å². The van der Waals surface area contributed by atoms with Crippen LogP contribution in [-0.2, 0) is 17.0 Å². The Labute approximate surface area is 150 Å². The lowest BCUT2D eigenvalue weighted by Crippen LogP contribution is -2.63. The van der Waals surface area contributed by atoms with Crippen LogP contribution in [0.15, 0.2) is 84.9 Å². The fourth-order valence-electron chi connectivity index (χ4n) is 3.58. The maximum atomic E-state index is 16.0. The number of likely N-dealkylation sites (tertiary alicyclic amines) is 1. The van der Waals surface area contributed by atoms with Crippen LogP contribution < -0.4 is 0 Å². The number of halogens is 2. The van der Waals surface area contributed by atoms with E-state index in [4.69, 9.17) is 0 Å². The van der Waals surface area contributed by atoms with E-state index in [2.05, 4.69) is 0 Å². The van der Waals surface area contributed by atoms with Crippen LogP contribution in [0.2, 0.25) is 0 Å². The third kappa shape index (κ3) is 2.58. The highest BCUT2D eigenvalue weighted by molar-refractivity contribution is 5.94. The lowest BCUT2D eigenvalue weighted by atomic mass is 9.74. The van der Waals surface area contributed by atoms with Gasteiger partial charge in [0.1, 0.15) is 11.9 Å². The van der Waals surface area contributed by atoms with Crippen molar-refractivity contribution < 1.29 is 13.6 Å². The van der Waals surface area contributed by atoms with Gasteiger partial charge in [0.15, 0.2) is 0 Å². The first-order valence-electron chi connectivity index (χ1n) is 8.45. The van der Waals surface area contributed by atoms with Gasteiger partial charge in [0.25, 0.3) is 5.91 Å². The van der Waals surface area contributed by atoms with E-state index in [1.54, 1.807) is 12.1 Å². The summed E-state index contributed by atoms with van der Waals surface area (Å²) < 4.78 is 29.6. The number of carbonyl (C=O) groups excluding carboxylic acids is 1. The van der Waals surface area contributed by atoms with Crippen LogP contribution in [0.1, 0.15) is 22.7 Å². The van der Waals surface area contributed by atoms with Gasteiger partial charge in [-0.2, -0.15) is 0 Å². The quantitative estimate of drug-likeness (QED) is 0.621. The molecule has 0 aliphatic carbocycles. The summed E-state index contributed by atoms with van der Waals surface area (Å²) in [5.41, 5.74) is -0.600. The van der Waals surface area contributed by atoms with Crippen molar-refractivity contribution in [3.63, 3.8) is 0 Å². The molecule has 0 saturated carbocycles. The second kappa shape index (κ2) is 6.37. The summed E-state index contributed by atoms with van der Waals surface area (Å²) in [6, 6.07) is 23.0. The lowest BCUT2D eigenvalue weighted by Gasteiger charge is -2.51. The fraction of sp³-hybridized carbons (Fsp3) is 0.136. The van der Waals surface area contributed by atoms with Gasteiger partial charge in [-0.05, 0) is 23.3 Å². The Kier molecular flexibility index (Phi) is 4.03. The van der Waals surface area contributed by atoms with Crippen molar-refractivity contribution in [3.8, 4) is 0 Å². The summed E-state index contributed by atoms with van der Waals surface area (Å²) in [5.74, 6) is -1.19. The monoisotopic (exact) mass is 349 g/mol. The van der Waals surface area contributed by atoms with E-state index in [1.165, 1.54) is 23.1 Å². The standard InChI is InChI=1S/C22H17F2NO/c23-19-13-7-12-18(14-19)22(24)20(17-10-5-2-6-11-17)25(21(22)26)15-16-8-3-1-4-9-16/h1-14,20H,15H2/t20-,22+/m1/s1. The topological polar surface area (TPSA) is 20.3 Å². The Hall–Kier alpha value is -3.01. The lowest BCUT2D eigenvalue weighted by molar-refractivity contribution is -0.181. The molecular weight excluding hydrogens is 332 g/mol. The molecule has 0 unspecified atom stereocenters. The Bertz CT molecular complexity index is 929. The second-order valence-corrected chi connectivity index (χ2v) is 6.45. The number of alkyl halides is 1. The fourth-order valence-corrected chi connectivity index (χ4v) is 3.58. The molecule has 26 heavy (non-hydrogen) atoms. The first-order chi connectivity index (χ1) is 12.6. The number of carbonyl (C=O) groups is 1. The molecule has 2 nitrogen and oxygen atoms in total. The van der Waals surface area contributed by atoms with Crippen LogP contribution in [0.5, 0.6) is 0 Å². The van der Waals surface area contributed by atoms with E-state index < -0.39 is 23.4 Å². The highest BCUT2D eigenvalue weighted by atomic mass is 19.1. The SMILES string of the molecule is O=C1N(Cc2ccccc2)[C@H](c2ccccc2)[C@@]1(F)c1cccc(F)c1. The molecule has 0 aromatic heterocycles. The second-order valence-electron chi connectivity index (χ2n) is 6.45. The predicted molar refractivity (Wildman–Crippen MR) is 95.4 cm³/mol. The number of rotatable bonds is 4. The van der Waals surface area contributed by atoms with Gasteiger partial charge < -0.3 is 4.90 Å². The number of β-lactam (4-membered cyclic amide) rings is 1. The maximum Gasteiger partial charge on any atom is 0.268 e. The highest BCUT2D eigenvalue weighted by Gasteiger charge is 2.63. The summed E-state index contributed by atoms with van der Waals surface area (Å²) in [7, 11) is 0. The molecule has 1 heterocycles. The van der Waals surface area contributed by atoms with Crippen LogP contribution in [0.25, 0.3) is 0 Å². The smallest absolute Gasteiger partial charge is 0.268 e. The normalized spacial score (nSPS) is 22.2. The first-order valence-corrected chi connectivity index (χ1v) is 8.45. The van der Waals surface area contributed by atoms with Gasteiger partial charge in [0, 0.05) is 12.1 Å². The zero-order valence-electron chi connectivity index (χ0n) is 14.0. The van der Waals surface area contributed by atoms with Crippen molar-refractivity contribution in [1.82, 2.24) is 4.90 Å². The van der Waals surface area contributed by atoms with Crippen molar-refractivity contribution in [2.45, 2.75) is 18.3 Å². The predicted octanol–water partition coefficient (Wildman–Crippen LogP) is 4.77. The molecule has 4 heteroatoms. The molecular formula is C22H17F2NO. The van der Waals surface area contributed by atoms with Crippen molar-refractivity contribution in [2.24, 2.45) is 0 Å². The molecule has 1 saturated heterocycles. The van der Waals surface area contributed by atoms with Crippen LogP contribution in [0.4, 0.5) is 8.78 Å². The number of amides is 1. The Morgan fingerprint density at radius 3 is 2.19 bits per heavy atom. The van der Waals surface area contributed by atoms with Crippen molar-refractivity contribution in [3.05, 3.63) is 107 Å². The van der Waals surface area contributed by atoms with Crippen LogP contribution in [-0.4, -0.2) is 10.8 Å². The Morgan fingerprint density at radius 1 is 0.885 bits per heavy atom. The Balaban J connectivity index is 1.76. The number of nitrogens with zero attached hydrogens (tertiary/aromatic N) is 1. The average Bonchev–Trinajstić information content (AvgIpc) is 2.68. The summed E-state index contributed by atoms with van der Waals surface area (Å²) in [6.07, 6.45) is 0. The zero-order valence-corrected chi connectivity index (χ0v) is 14.0. The molecule has 0 N–H and O–H groups in total. The highest BCUT2D eigenvalue weighted by Crippen LogP contribution is 2.53. The van der Waals surface area contributed by atoms with Gasteiger partial charge in [-0.1, -0.05) is 72.8 Å². The van der Waals surface area contributed by atoms with Crippen LogP contribution in [0, 0.1) is 5.82 Å². The summed E-state index contributed by atoms with van der Waals surface area (Å²) in [6.45, 7) is 0.306. The minimum atomic E-state index is -2.27. The number of benzene rings is 3. The summed E-state index contributed by atoms with van der Waals surface area (Å²) in [4.78, 5) is 14.3. The van der Waals surface area contributed by atoms with E-state index in [1.807, 2.05) is 48.5 Å². The number of hydrogen-bond acceptors (Lipinski definition) is 1. The number of hydrogen-bond donors (Lipinski definition) is 0. The van der Waals surface area contributed by atoms with Gasteiger partial charge in [0.05, 0.1) is 0 Å². The molecule has 4 rings (SSSR count).